The van der Waals surface area contributed by atoms with Gasteiger partial charge in [0.25, 0.3) is 0 Å². The molecule has 2 aliphatic rings. The van der Waals surface area contributed by atoms with Gasteiger partial charge in [-0.2, -0.15) is 0 Å². The third kappa shape index (κ3) is 1.07. The first-order chi connectivity index (χ1) is 4.92. The van der Waals surface area contributed by atoms with Crippen molar-refractivity contribution in [3.05, 3.63) is 0 Å². The van der Waals surface area contributed by atoms with Crippen LogP contribution in [0.25, 0.3) is 0 Å². The van der Waals surface area contributed by atoms with E-state index in [2.05, 4.69) is 12.4 Å². The van der Waals surface area contributed by atoms with Crippen LogP contribution in [0, 0.1) is 11.8 Å². The first kappa shape index (κ1) is 6.66. The SMILES string of the molecule is CNC(C1CCC1)C1CC1. The minimum Gasteiger partial charge on any atom is -0.316 e. The lowest BCUT2D eigenvalue weighted by molar-refractivity contribution is 0.218. The number of nitrogens with one attached hydrogen (secondary N) is 1. The first-order valence-corrected chi connectivity index (χ1v) is 4.59. The summed E-state index contributed by atoms with van der Waals surface area (Å²) < 4.78 is 0. The molecule has 2 fully saturated rings. The van der Waals surface area contributed by atoms with Gasteiger partial charge in [-0.05, 0) is 44.6 Å². The standard InChI is InChI=1S/C9H17N/c1-10-9(8-5-6-8)7-3-2-4-7/h7-10H,2-6H2,1H3. The van der Waals surface area contributed by atoms with Crippen LogP contribution >= 0.6 is 0 Å². The highest BCUT2D eigenvalue weighted by atomic mass is 14.9. The quantitative estimate of drug-likeness (QED) is 0.628. The molecule has 10 heavy (non-hydrogen) atoms. The summed E-state index contributed by atoms with van der Waals surface area (Å²) in [6.07, 6.45) is 7.43. The van der Waals surface area contributed by atoms with Crippen molar-refractivity contribution in [1.29, 1.82) is 0 Å². The first-order valence-electron chi connectivity index (χ1n) is 4.59. The van der Waals surface area contributed by atoms with Crippen LogP contribution in [0.3, 0.4) is 0 Å². The molecule has 1 atom stereocenters. The van der Waals surface area contributed by atoms with E-state index in [0.29, 0.717) is 0 Å². The van der Waals surface area contributed by atoms with Gasteiger partial charge in [0.2, 0.25) is 0 Å². The number of hydrogen-bond donors (Lipinski definition) is 1. The van der Waals surface area contributed by atoms with E-state index in [1.54, 1.807) is 0 Å². The Labute approximate surface area is 63.2 Å². The molecule has 2 aliphatic carbocycles. The van der Waals surface area contributed by atoms with Gasteiger partial charge in [-0.3, -0.25) is 0 Å². The summed E-state index contributed by atoms with van der Waals surface area (Å²) in [6.45, 7) is 0. The predicted octanol–water partition coefficient (Wildman–Crippen LogP) is 1.78. The molecule has 0 aliphatic heterocycles. The van der Waals surface area contributed by atoms with Gasteiger partial charge in [0, 0.05) is 6.04 Å². The van der Waals surface area contributed by atoms with Crippen molar-refractivity contribution >= 4 is 0 Å². The maximum Gasteiger partial charge on any atom is 0.0121 e. The van der Waals surface area contributed by atoms with Crippen LogP contribution in [0.15, 0.2) is 0 Å². The highest BCUT2D eigenvalue weighted by Gasteiger charge is 2.37. The Kier molecular flexibility index (Phi) is 1.69. The zero-order valence-corrected chi connectivity index (χ0v) is 6.77. The Hall–Kier alpha value is -0.0400. The summed E-state index contributed by atoms with van der Waals surface area (Å²) in [5, 5.41) is 3.47. The van der Waals surface area contributed by atoms with Gasteiger partial charge in [-0.15, -0.1) is 0 Å². The predicted molar refractivity (Wildman–Crippen MR) is 42.9 cm³/mol. The van der Waals surface area contributed by atoms with Crippen molar-refractivity contribution in [2.45, 2.75) is 38.1 Å². The van der Waals surface area contributed by atoms with Crippen molar-refractivity contribution in [2.75, 3.05) is 7.05 Å². The zero-order chi connectivity index (χ0) is 6.97. The van der Waals surface area contributed by atoms with Gasteiger partial charge < -0.3 is 5.32 Å². The second kappa shape index (κ2) is 2.54. The van der Waals surface area contributed by atoms with Crippen LogP contribution in [0.1, 0.15) is 32.1 Å². The number of rotatable bonds is 3. The Morgan fingerprint density at radius 2 is 1.70 bits per heavy atom. The normalized spacial score (nSPS) is 29.7. The van der Waals surface area contributed by atoms with Gasteiger partial charge in [0.1, 0.15) is 0 Å². The second-order valence-corrected chi connectivity index (χ2v) is 3.84. The maximum absolute atomic E-state index is 3.47. The summed E-state index contributed by atoms with van der Waals surface area (Å²) in [6, 6.07) is 0.883. The largest absolute Gasteiger partial charge is 0.316 e. The van der Waals surface area contributed by atoms with Crippen molar-refractivity contribution in [3.63, 3.8) is 0 Å². The molecule has 0 radical (unpaired) electrons. The lowest BCUT2D eigenvalue weighted by Gasteiger charge is -2.33. The van der Waals surface area contributed by atoms with Crippen LogP contribution in [-0.4, -0.2) is 13.1 Å². The monoisotopic (exact) mass is 139 g/mol. The van der Waals surface area contributed by atoms with Gasteiger partial charge in [0.15, 0.2) is 0 Å². The molecule has 0 aromatic carbocycles. The highest BCUT2D eigenvalue weighted by Crippen LogP contribution is 2.41. The van der Waals surface area contributed by atoms with Crippen LogP contribution < -0.4 is 5.32 Å². The molecule has 0 heterocycles. The maximum atomic E-state index is 3.47. The van der Waals surface area contributed by atoms with Gasteiger partial charge >= 0.3 is 0 Å². The fourth-order valence-electron chi connectivity index (χ4n) is 2.11. The lowest BCUT2D eigenvalue weighted by Crippen LogP contribution is -2.38. The molecule has 0 bridgehead atoms. The molecule has 0 spiro atoms. The summed E-state index contributed by atoms with van der Waals surface area (Å²) in [4.78, 5) is 0. The van der Waals surface area contributed by atoms with E-state index < -0.39 is 0 Å². The van der Waals surface area contributed by atoms with E-state index in [9.17, 15) is 0 Å². The average molecular weight is 139 g/mol. The molecule has 2 saturated carbocycles. The average Bonchev–Trinajstić information content (AvgIpc) is 2.58. The van der Waals surface area contributed by atoms with Crippen LogP contribution in [0.2, 0.25) is 0 Å². The van der Waals surface area contributed by atoms with E-state index in [0.717, 1.165) is 17.9 Å². The Balaban J connectivity index is 1.84. The van der Waals surface area contributed by atoms with E-state index in [1.807, 2.05) is 0 Å². The van der Waals surface area contributed by atoms with E-state index >= 15 is 0 Å². The Morgan fingerprint density at radius 1 is 1.10 bits per heavy atom. The Morgan fingerprint density at radius 3 is 2.00 bits per heavy atom. The van der Waals surface area contributed by atoms with Crippen molar-refractivity contribution in [3.8, 4) is 0 Å². The minimum absolute atomic E-state index is 0.883. The molecule has 1 heteroatoms. The summed E-state index contributed by atoms with van der Waals surface area (Å²) in [5.74, 6) is 2.09. The van der Waals surface area contributed by atoms with Gasteiger partial charge in [-0.25, -0.2) is 0 Å². The van der Waals surface area contributed by atoms with Gasteiger partial charge in [-0.1, -0.05) is 6.42 Å². The molecule has 2 rings (SSSR count). The molecule has 0 aromatic rings. The molecule has 1 nitrogen and oxygen atoms in total. The molecular formula is C9H17N. The molecule has 0 amide bonds. The molecule has 0 aromatic heterocycles. The lowest BCUT2D eigenvalue weighted by atomic mass is 9.78. The van der Waals surface area contributed by atoms with Crippen molar-refractivity contribution in [1.82, 2.24) is 5.32 Å². The third-order valence-electron chi connectivity index (χ3n) is 3.12. The fraction of sp³-hybridized carbons (Fsp3) is 1.00. The number of hydrogen-bond acceptors (Lipinski definition) is 1. The molecule has 0 saturated heterocycles. The van der Waals surface area contributed by atoms with Crippen LogP contribution in [0.5, 0.6) is 0 Å². The zero-order valence-electron chi connectivity index (χ0n) is 6.77. The van der Waals surface area contributed by atoms with Crippen LogP contribution in [-0.2, 0) is 0 Å². The van der Waals surface area contributed by atoms with Crippen molar-refractivity contribution < 1.29 is 0 Å². The summed E-state index contributed by atoms with van der Waals surface area (Å²) >= 11 is 0. The van der Waals surface area contributed by atoms with E-state index in [-0.39, 0.29) is 0 Å². The Bertz CT molecular complexity index is 114. The topological polar surface area (TPSA) is 12.0 Å². The molecule has 1 unspecified atom stereocenters. The van der Waals surface area contributed by atoms with E-state index in [4.69, 9.17) is 0 Å². The summed E-state index contributed by atoms with van der Waals surface area (Å²) in [5.41, 5.74) is 0. The molecule has 58 valence electrons. The van der Waals surface area contributed by atoms with E-state index in [1.165, 1.54) is 32.1 Å². The van der Waals surface area contributed by atoms with Gasteiger partial charge in [0.05, 0.1) is 0 Å². The van der Waals surface area contributed by atoms with Crippen LogP contribution in [0.4, 0.5) is 0 Å². The highest BCUT2D eigenvalue weighted by molar-refractivity contribution is 4.92. The molecule has 1 N–H and O–H groups in total. The van der Waals surface area contributed by atoms with Crippen molar-refractivity contribution in [2.24, 2.45) is 11.8 Å². The minimum atomic E-state index is 0.883. The fourth-order valence-corrected chi connectivity index (χ4v) is 2.11. The smallest absolute Gasteiger partial charge is 0.0121 e. The third-order valence-corrected chi connectivity index (χ3v) is 3.12. The molecular weight excluding hydrogens is 122 g/mol. The summed E-state index contributed by atoms with van der Waals surface area (Å²) in [7, 11) is 2.13. The second-order valence-electron chi connectivity index (χ2n) is 3.84.